The summed E-state index contributed by atoms with van der Waals surface area (Å²) in [6.45, 7) is 1.29. The SMILES string of the molecule is CC(NC(=O)/C(N)=C/C=C(\N)OCC(F)(F)F)c1ccnc(NCOCC2CC2)c1.[HH].[HH]. The second kappa shape index (κ2) is 10.7. The summed E-state index contributed by atoms with van der Waals surface area (Å²) in [6.07, 6.45) is 1.58. The number of nitrogens with zero attached hydrogens (tertiary/aromatic N) is 1. The summed E-state index contributed by atoms with van der Waals surface area (Å²) >= 11 is 0. The number of alkyl halides is 3. The van der Waals surface area contributed by atoms with E-state index < -0.39 is 30.6 Å². The van der Waals surface area contributed by atoms with Crippen LogP contribution in [0.2, 0.25) is 0 Å². The highest BCUT2D eigenvalue weighted by molar-refractivity contribution is 5.92. The maximum atomic E-state index is 12.2. The first-order valence-electron chi connectivity index (χ1n) is 9.35. The van der Waals surface area contributed by atoms with E-state index in [4.69, 9.17) is 16.2 Å². The number of rotatable bonds is 11. The van der Waals surface area contributed by atoms with Crippen LogP contribution in [0.4, 0.5) is 19.0 Å². The van der Waals surface area contributed by atoms with E-state index in [1.807, 2.05) is 0 Å². The molecule has 1 saturated carbocycles. The van der Waals surface area contributed by atoms with Gasteiger partial charge in [-0.25, -0.2) is 4.98 Å². The van der Waals surface area contributed by atoms with E-state index in [0.29, 0.717) is 18.5 Å². The van der Waals surface area contributed by atoms with Crippen molar-refractivity contribution in [3.8, 4) is 0 Å². The summed E-state index contributed by atoms with van der Waals surface area (Å²) in [4.78, 5) is 16.4. The lowest BCUT2D eigenvalue weighted by Crippen LogP contribution is -2.31. The molecule has 0 radical (unpaired) electrons. The highest BCUT2D eigenvalue weighted by Crippen LogP contribution is 2.28. The zero-order chi connectivity index (χ0) is 22.1. The van der Waals surface area contributed by atoms with Crippen LogP contribution in [0.25, 0.3) is 0 Å². The molecule has 0 aliphatic heterocycles. The summed E-state index contributed by atoms with van der Waals surface area (Å²) in [7, 11) is 0. The summed E-state index contributed by atoms with van der Waals surface area (Å²) in [6, 6.07) is 3.11. The summed E-state index contributed by atoms with van der Waals surface area (Å²) in [5, 5.41) is 5.74. The number of hydrogen-bond donors (Lipinski definition) is 4. The lowest BCUT2D eigenvalue weighted by Gasteiger charge is -2.15. The van der Waals surface area contributed by atoms with Gasteiger partial charge in [-0.3, -0.25) is 4.79 Å². The van der Waals surface area contributed by atoms with Gasteiger partial charge in [-0.1, -0.05) is 0 Å². The number of aromatic nitrogens is 1. The van der Waals surface area contributed by atoms with Gasteiger partial charge in [0, 0.05) is 9.05 Å². The Bertz CT molecular complexity index is 790. The van der Waals surface area contributed by atoms with Crippen LogP contribution in [-0.2, 0) is 14.3 Å². The van der Waals surface area contributed by atoms with E-state index in [9.17, 15) is 18.0 Å². The predicted molar refractivity (Wildman–Crippen MR) is 109 cm³/mol. The van der Waals surface area contributed by atoms with Crippen molar-refractivity contribution in [2.45, 2.75) is 32.0 Å². The molecule has 1 aromatic heterocycles. The van der Waals surface area contributed by atoms with Crippen molar-refractivity contribution in [3.05, 3.63) is 47.6 Å². The zero-order valence-electron chi connectivity index (χ0n) is 16.5. The molecule has 1 amide bonds. The molecule has 1 fully saturated rings. The average Bonchev–Trinajstić information content (AvgIpc) is 3.51. The number of amides is 1. The average molecular weight is 433 g/mol. The van der Waals surface area contributed by atoms with Crippen molar-refractivity contribution >= 4 is 11.7 Å². The maximum Gasteiger partial charge on any atom is 0.422 e. The minimum absolute atomic E-state index is 0. The van der Waals surface area contributed by atoms with Crippen molar-refractivity contribution in [2.75, 3.05) is 25.3 Å². The summed E-state index contributed by atoms with van der Waals surface area (Å²) in [5.41, 5.74) is 11.5. The highest BCUT2D eigenvalue weighted by Gasteiger charge is 2.28. The van der Waals surface area contributed by atoms with Gasteiger partial charge in [0.1, 0.15) is 12.5 Å². The van der Waals surface area contributed by atoms with Crippen molar-refractivity contribution in [2.24, 2.45) is 17.4 Å². The number of carbonyl (C=O) groups excluding carboxylic acids is 1. The van der Waals surface area contributed by atoms with E-state index in [-0.39, 0.29) is 8.55 Å². The van der Waals surface area contributed by atoms with Gasteiger partial charge >= 0.3 is 6.18 Å². The number of carbonyl (C=O) groups is 1. The number of pyridine rings is 1. The lowest BCUT2D eigenvalue weighted by atomic mass is 10.1. The Morgan fingerprint density at radius 3 is 2.80 bits per heavy atom. The Labute approximate surface area is 175 Å². The molecule has 0 aromatic carbocycles. The smallest absolute Gasteiger partial charge is 0.422 e. The minimum atomic E-state index is -4.51. The Morgan fingerprint density at radius 2 is 2.13 bits per heavy atom. The van der Waals surface area contributed by atoms with Crippen molar-refractivity contribution < 1.29 is 30.3 Å². The van der Waals surface area contributed by atoms with Crippen LogP contribution in [0.5, 0.6) is 0 Å². The second-order valence-electron chi connectivity index (χ2n) is 6.90. The highest BCUT2D eigenvalue weighted by atomic mass is 19.4. The van der Waals surface area contributed by atoms with Gasteiger partial charge in [0.15, 0.2) is 12.5 Å². The third-order valence-electron chi connectivity index (χ3n) is 4.13. The first-order valence-corrected chi connectivity index (χ1v) is 9.35. The molecule has 1 aliphatic carbocycles. The Kier molecular flexibility index (Phi) is 8.34. The van der Waals surface area contributed by atoms with Crippen LogP contribution < -0.4 is 22.1 Å². The van der Waals surface area contributed by atoms with Gasteiger partial charge in [0.2, 0.25) is 0 Å². The van der Waals surface area contributed by atoms with Crippen molar-refractivity contribution in [1.29, 1.82) is 0 Å². The fraction of sp³-hybridized carbons (Fsp3) is 0.474. The molecule has 0 saturated heterocycles. The van der Waals surface area contributed by atoms with E-state index >= 15 is 0 Å². The second-order valence-corrected chi connectivity index (χ2v) is 6.90. The van der Waals surface area contributed by atoms with E-state index in [0.717, 1.165) is 24.3 Å². The molecule has 6 N–H and O–H groups in total. The van der Waals surface area contributed by atoms with Crippen LogP contribution in [0.15, 0.2) is 42.1 Å². The Morgan fingerprint density at radius 1 is 1.40 bits per heavy atom. The fourth-order valence-corrected chi connectivity index (χ4v) is 2.27. The maximum absolute atomic E-state index is 12.2. The van der Waals surface area contributed by atoms with Gasteiger partial charge < -0.3 is 31.6 Å². The molecule has 0 bridgehead atoms. The third-order valence-corrected chi connectivity index (χ3v) is 4.13. The molecule has 170 valence electrons. The van der Waals surface area contributed by atoms with Gasteiger partial charge in [0.05, 0.1) is 18.3 Å². The van der Waals surface area contributed by atoms with Gasteiger partial charge in [-0.05, 0) is 55.5 Å². The molecular formula is C19H30F3N5O3. The van der Waals surface area contributed by atoms with Crippen LogP contribution in [0.3, 0.4) is 0 Å². The Balaban J connectivity index is 0.00000480. The first-order chi connectivity index (χ1) is 14.1. The van der Waals surface area contributed by atoms with E-state index in [2.05, 4.69) is 20.4 Å². The van der Waals surface area contributed by atoms with Crippen LogP contribution >= 0.6 is 0 Å². The van der Waals surface area contributed by atoms with E-state index in [1.54, 1.807) is 25.3 Å². The molecule has 11 heteroatoms. The number of ether oxygens (including phenoxy) is 2. The van der Waals surface area contributed by atoms with Crippen molar-refractivity contribution in [3.63, 3.8) is 0 Å². The molecule has 1 atom stereocenters. The molecule has 1 aliphatic rings. The van der Waals surface area contributed by atoms with Gasteiger partial charge in [0.25, 0.3) is 5.91 Å². The number of nitrogens with two attached hydrogens (primary N) is 2. The van der Waals surface area contributed by atoms with Crippen LogP contribution in [-0.4, -0.2) is 37.0 Å². The molecule has 2 rings (SSSR count). The molecular weight excluding hydrogens is 403 g/mol. The fourth-order valence-electron chi connectivity index (χ4n) is 2.27. The summed E-state index contributed by atoms with van der Waals surface area (Å²) < 4.78 is 46.0. The molecule has 1 aromatic rings. The molecule has 1 heterocycles. The normalized spacial score (nSPS) is 16.1. The molecule has 1 unspecified atom stereocenters. The zero-order valence-corrected chi connectivity index (χ0v) is 16.5. The lowest BCUT2D eigenvalue weighted by molar-refractivity contribution is -0.165. The number of halogens is 3. The Hall–Kier alpha value is -2.95. The number of nitrogens with one attached hydrogen (secondary N) is 2. The summed E-state index contributed by atoms with van der Waals surface area (Å²) in [5.74, 6) is 0.151. The van der Waals surface area contributed by atoms with Gasteiger partial charge in [-0.15, -0.1) is 0 Å². The molecule has 8 nitrogen and oxygen atoms in total. The van der Waals surface area contributed by atoms with Crippen LogP contribution in [0, 0.1) is 5.92 Å². The molecule has 30 heavy (non-hydrogen) atoms. The van der Waals surface area contributed by atoms with Crippen molar-refractivity contribution in [1.82, 2.24) is 10.3 Å². The number of hydrogen-bond acceptors (Lipinski definition) is 7. The number of allylic oxidation sites excluding steroid dienone is 2. The monoisotopic (exact) mass is 433 g/mol. The van der Waals surface area contributed by atoms with Crippen LogP contribution in [0.1, 0.15) is 34.2 Å². The van der Waals surface area contributed by atoms with E-state index in [1.165, 1.54) is 12.8 Å². The molecule has 0 spiro atoms. The van der Waals surface area contributed by atoms with Gasteiger partial charge in [-0.2, -0.15) is 13.2 Å². The quantitative estimate of drug-likeness (QED) is 0.139. The number of anilines is 1. The third kappa shape index (κ3) is 9.03. The standard InChI is InChI=1S/C19H26F3N5O3.2H2/c1-12(14-6-7-25-17(8-14)26-11-29-9-13-2-3-13)27-18(28)15(23)4-5-16(24)30-10-19(20,21)22;;/h4-8,12-13H,2-3,9-11,23-24H2,1H3,(H,25,26)(H,27,28);2*1H/b15-4-,16-5+;;. The predicted octanol–water partition coefficient (Wildman–Crippen LogP) is 2.77. The first kappa shape index (κ1) is 23.3. The minimum Gasteiger partial charge on any atom is -0.470 e. The largest absolute Gasteiger partial charge is 0.470 e. The topological polar surface area (TPSA) is 125 Å².